The second kappa shape index (κ2) is 5.45. The van der Waals surface area contributed by atoms with Crippen molar-refractivity contribution in [3.8, 4) is 0 Å². The van der Waals surface area contributed by atoms with Gasteiger partial charge in [0.1, 0.15) is 4.90 Å². The molecule has 0 unspecified atom stereocenters. The number of aromatic carboxylic acids is 1. The molecule has 0 spiro atoms. The summed E-state index contributed by atoms with van der Waals surface area (Å²) in [4.78, 5) is 10.9. The maximum Gasteiger partial charge on any atom is 0.337 e. The second-order valence-corrected chi connectivity index (χ2v) is 6.19. The summed E-state index contributed by atoms with van der Waals surface area (Å²) < 4.78 is 27.0. The van der Waals surface area contributed by atoms with Gasteiger partial charge < -0.3 is 10.8 Å². The van der Waals surface area contributed by atoms with Gasteiger partial charge in [-0.25, -0.2) is 13.2 Å². The van der Waals surface area contributed by atoms with E-state index in [9.17, 15) is 13.2 Å². The number of hydrogen-bond acceptors (Lipinski definition) is 4. The molecule has 0 heterocycles. The summed E-state index contributed by atoms with van der Waals surface area (Å²) in [6.07, 6.45) is 0. The highest BCUT2D eigenvalue weighted by Crippen LogP contribution is 2.22. The molecule has 7 heteroatoms. The van der Waals surface area contributed by atoms with Crippen LogP contribution < -0.4 is 10.5 Å². The lowest BCUT2D eigenvalue weighted by molar-refractivity contribution is 0.0692. The minimum absolute atomic E-state index is 0.182. The number of aryl methyl sites for hydroxylation is 1. The van der Waals surface area contributed by atoms with Gasteiger partial charge in [-0.3, -0.25) is 4.72 Å². The highest BCUT2D eigenvalue weighted by Gasteiger charge is 2.22. The molecule has 0 radical (unpaired) electrons. The van der Waals surface area contributed by atoms with Crippen LogP contribution in [0.1, 0.15) is 15.9 Å². The first-order valence-corrected chi connectivity index (χ1v) is 7.50. The zero-order chi connectivity index (χ0) is 15.6. The quantitative estimate of drug-likeness (QED) is 0.749. The van der Waals surface area contributed by atoms with Gasteiger partial charge in [0.15, 0.2) is 0 Å². The van der Waals surface area contributed by atoms with Crippen LogP contribution in [0.15, 0.2) is 47.4 Å². The average Bonchev–Trinajstić information content (AvgIpc) is 2.37. The molecule has 4 N–H and O–H groups in total. The van der Waals surface area contributed by atoms with Gasteiger partial charge in [-0.2, -0.15) is 0 Å². The summed E-state index contributed by atoms with van der Waals surface area (Å²) in [5.41, 5.74) is 6.56. The largest absolute Gasteiger partial charge is 0.478 e. The molecule has 0 aromatic heterocycles. The summed E-state index contributed by atoms with van der Waals surface area (Å²) in [7, 11) is -4.01. The fourth-order valence-electron chi connectivity index (χ4n) is 1.87. The van der Waals surface area contributed by atoms with E-state index in [-0.39, 0.29) is 16.1 Å². The molecule has 21 heavy (non-hydrogen) atoms. The summed E-state index contributed by atoms with van der Waals surface area (Å²) in [6, 6.07) is 10.4. The third-order valence-corrected chi connectivity index (χ3v) is 4.23. The third kappa shape index (κ3) is 3.32. The fourth-order valence-corrected chi connectivity index (χ4v) is 3.10. The normalized spacial score (nSPS) is 11.1. The van der Waals surface area contributed by atoms with E-state index >= 15 is 0 Å². The standard InChI is InChI=1S/C14H14N2O4S/c1-9-3-2-4-11(7-9)16-21(19,20)13-6-5-10(15)8-12(13)14(17)18/h2-8,16H,15H2,1H3,(H,17,18). The van der Waals surface area contributed by atoms with Crippen LogP contribution in [-0.2, 0) is 10.0 Å². The minimum atomic E-state index is -4.01. The first-order chi connectivity index (χ1) is 9.79. The van der Waals surface area contributed by atoms with E-state index in [1.165, 1.54) is 12.1 Å². The Hall–Kier alpha value is -2.54. The SMILES string of the molecule is Cc1cccc(NS(=O)(=O)c2ccc(N)cc2C(=O)O)c1. The Morgan fingerprint density at radius 3 is 2.52 bits per heavy atom. The Bertz CT molecular complexity index is 800. The molecule has 0 aliphatic heterocycles. The lowest BCUT2D eigenvalue weighted by Gasteiger charge is -2.11. The molecular weight excluding hydrogens is 292 g/mol. The zero-order valence-corrected chi connectivity index (χ0v) is 12.0. The summed E-state index contributed by atoms with van der Waals surface area (Å²) >= 11 is 0. The fraction of sp³-hybridized carbons (Fsp3) is 0.0714. The molecule has 0 fully saturated rings. The highest BCUT2D eigenvalue weighted by atomic mass is 32.2. The van der Waals surface area contributed by atoms with E-state index in [0.717, 1.165) is 11.6 Å². The average molecular weight is 306 g/mol. The molecule has 2 rings (SSSR count). The molecule has 0 saturated carbocycles. The van der Waals surface area contributed by atoms with Gasteiger partial charge >= 0.3 is 5.97 Å². The number of nitrogen functional groups attached to an aromatic ring is 1. The van der Waals surface area contributed by atoms with Crippen molar-refractivity contribution in [1.82, 2.24) is 0 Å². The first-order valence-electron chi connectivity index (χ1n) is 6.02. The van der Waals surface area contributed by atoms with Crippen LogP contribution in [0.2, 0.25) is 0 Å². The van der Waals surface area contributed by atoms with Crippen molar-refractivity contribution in [2.45, 2.75) is 11.8 Å². The van der Waals surface area contributed by atoms with Gasteiger partial charge in [0, 0.05) is 11.4 Å². The molecule has 0 bridgehead atoms. The molecule has 0 saturated heterocycles. The van der Waals surface area contributed by atoms with Crippen LogP contribution >= 0.6 is 0 Å². The summed E-state index contributed by atoms with van der Waals surface area (Å²) in [6.45, 7) is 1.82. The predicted octanol–water partition coefficient (Wildman–Crippen LogP) is 2.08. The van der Waals surface area contributed by atoms with Crippen molar-refractivity contribution < 1.29 is 18.3 Å². The van der Waals surface area contributed by atoms with E-state index in [1.807, 2.05) is 13.0 Å². The van der Waals surface area contributed by atoms with Gasteiger partial charge in [0.25, 0.3) is 10.0 Å². The van der Waals surface area contributed by atoms with Crippen LogP contribution in [0, 0.1) is 6.92 Å². The van der Waals surface area contributed by atoms with Crippen LogP contribution in [0.3, 0.4) is 0 Å². The van der Waals surface area contributed by atoms with Gasteiger partial charge in [-0.05, 0) is 42.8 Å². The number of carboxylic acid groups (broad SMARTS) is 1. The van der Waals surface area contributed by atoms with Gasteiger partial charge in [-0.1, -0.05) is 12.1 Å². The monoisotopic (exact) mass is 306 g/mol. The molecular formula is C14H14N2O4S. The van der Waals surface area contributed by atoms with Gasteiger partial charge in [0.2, 0.25) is 0 Å². The van der Waals surface area contributed by atoms with Crippen molar-refractivity contribution >= 4 is 27.4 Å². The number of carboxylic acids is 1. The van der Waals surface area contributed by atoms with Crippen LogP contribution in [-0.4, -0.2) is 19.5 Å². The Morgan fingerprint density at radius 1 is 1.19 bits per heavy atom. The maximum atomic E-state index is 12.3. The molecule has 2 aromatic rings. The smallest absolute Gasteiger partial charge is 0.337 e. The van der Waals surface area contributed by atoms with E-state index in [4.69, 9.17) is 10.8 Å². The topological polar surface area (TPSA) is 109 Å². The molecule has 0 aliphatic rings. The Kier molecular flexibility index (Phi) is 3.86. The molecule has 110 valence electrons. The van der Waals surface area contributed by atoms with Crippen LogP contribution in [0.5, 0.6) is 0 Å². The molecule has 2 aromatic carbocycles. The first kappa shape index (κ1) is 14.9. The van der Waals surface area contributed by atoms with Crippen molar-refractivity contribution in [1.29, 1.82) is 0 Å². The molecule has 0 aliphatic carbocycles. The number of benzene rings is 2. The second-order valence-electron chi connectivity index (χ2n) is 4.54. The van der Waals surface area contributed by atoms with Gasteiger partial charge in [0.05, 0.1) is 5.56 Å². The van der Waals surface area contributed by atoms with Crippen LogP contribution in [0.4, 0.5) is 11.4 Å². The lowest BCUT2D eigenvalue weighted by Crippen LogP contribution is -2.17. The number of nitrogens with one attached hydrogen (secondary N) is 1. The van der Waals surface area contributed by atoms with Gasteiger partial charge in [-0.15, -0.1) is 0 Å². The van der Waals surface area contributed by atoms with E-state index in [0.29, 0.717) is 5.69 Å². The zero-order valence-electron chi connectivity index (χ0n) is 11.2. The van der Waals surface area contributed by atoms with Crippen molar-refractivity contribution in [3.63, 3.8) is 0 Å². The molecule has 0 amide bonds. The Morgan fingerprint density at radius 2 is 1.90 bits per heavy atom. The predicted molar refractivity (Wildman–Crippen MR) is 79.8 cm³/mol. The number of anilines is 2. The van der Waals surface area contributed by atoms with Crippen LogP contribution in [0.25, 0.3) is 0 Å². The van der Waals surface area contributed by atoms with Crippen molar-refractivity contribution in [2.75, 3.05) is 10.5 Å². The number of rotatable bonds is 4. The maximum absolute atomic E-state index is 12.3. The van der Waals surface area contributed by atoms with E-state index in [1.54, 1.807) is 18.2 Å². The highest BCUT2D eigenvalue weighted by molar-refractivity contribution is 7.92. The van der Waals surface area contributed by atoms with E-state index < -0.39 is 16.0 Å². The number of hydrogen-bond donors (Lipinski definition) is 3. The minimum Gasteiger partial charge on any atom is -0.478 e. The number of nitrogens with two attached hydrogens (primary N) is 1. The molecule has 0 atom stereocenters. The lowest BCUT2D eigenvalue weighted by atomic mass is 10.2. The number of carbonyl (C=O) groups is 1. The van der Waals surface area contributed by atoms with Crippen molar-refractivity contribution in [2.24, 2.45) is 0 Å². The Balaban J connectivity index is 2.47. The summed E-state index contributed by atoms with van der Waals surface area (Å²) in [5.74, 6) is -1.35. The number of sulfonamides is 1. The van der Waals surface area contributed by atoms with Crippen molar-refractivity contribution in [3.05, 3.63) is 53.6 Å². The Labute approximate surface area is 122 Å². The summed E-state index contributed by atoms with van der Waals surface area (Å²) in [5, 5.41) is 9.12. The molecule has 6 nitrogen and oxygen atoms in total. The third-order valence-electron chi connectivity index (χ3n) is 2.79. The van der Waals surface area contributed by atoms with E-state index in [2.05, 4.69) is 4.72 Å².